The fraction of sp³-hybridized carbons (Fsp3) is 1.00. The molecule has 0 bridgehead atoms. The lowest BCUT2D eigenvalue weighted by atomic mass is 10.1. The van der Waals surface area contributed by atoms with Crippen molar-refractivity contribution in [1.82, 2.24) is 5.32 Å². The van der Waals surface area contributed by atoms with Crippen LogP contribution in [0, 0.1) is 0 Å². The maximum absolute atomic E-state index is 11.7. The van der Waals surface area contributed by atoms with E-state index in [1.54, 1.807) is 0 Å². The number of halogens is 3. The zero-order valence-electron chi connectivity index (χ0n) is 8.07. The molecule has 0 aromatic heterocycles. The second kappa shape index (κ2) is 5.56. The minimum atomic E-state index is -4.20. The first-order chi connectivity index (χ1) is 6.58. The van der Waals surface area contributed by atoms with Gasteiger partial charge in [-0.3, -0.25) is 0 Å². The van der Waals surface area contributed by atoms with Crippen LogP contribution in [0.2, 0.25) is 0 Å². The van der Waals surface area contributed by atoms with Crippen LogP contribution in [0.25, 0.3) is 0 Å². The molecule has 0 aliphatic carbocycles. The zero-order valence-corrected chi connectivity index (χ0v) is 8.07. The van der Waals surface area contributed by atoms with E-state index < -0.39 is 12.8 Å². The summed E-state index contributed by atoms with van der Waals surface area (Å²) in [6, 6.07) is 0.0971. The highest BCUT2D eigenvalue weighted by atomic mass is 19.4. The van der Waals surface area contributed by atoms with Crippen molar-refractivity contribution in [1.29, 1.82) is 0 Å². The van der Waals surface area contributed by atoms with E-state index in [4.69, 9.17) is 0 Å². The topological polar surface area (TPSA) is 21.3 Å². The molecule has 5 heteroatoms. The Morgan fingerprint density at radius 3 is 2.71 bits per heavy atom. The number of ether oxygens (including phenoxy) is 1. The quantitative estimate of drug-likeness (QED) is 0.771. The summed E-state index contributed by atoms with van der Waals surface area (Å²) in [4.78, 5) is 0. The van der Waals surface area contributed by atoms with E-state index in [1.165, 1.54) is 0 Å². The molecule has 2 nitrogen and oxygen atoms in total. The van der Waals surface area contributed by atoms with E-state index in [1.807, 2.05) is 0 Å². The van der Waals surface area contributed by atoms with Gasteiger partial charge in [-0.05, 0) is 19.4 Å². The van der Waals surface area contributed by atoms with Gasteiger partial charge in [0, 0.05) is 6.04 Å². The smallest absolute Gasteiger partial charge is 0.370 e. The van der Waals surface area contributed by atoms with E-state index in [2.05, 4.69) is 10.1 Å². The second-order valence-corrected chi connectivity index (χ2v) is 3.63. The Labute approximate surface area is 81.8 Å². The van der Waals surface area contributed by atoms with Crippen LogP contribution in [-0.4, -0.2) is 32.0 Å². The second-order valence-electron chi connectivity index (χ2n) is 3.63. The third kappa shape index (κ3) is 5.44. The molecular formula is C9H16F3NO. The summed E-state index contributed by atoms with van der Waals surface area (Å²) >= 11 is 0. The van der Waals surface area contributed by atoms with Gasteiger partial charge in [0.2, 0.25) is 0 Å². The molecule has 1 fully saturated rings. The largest absolute Gasteiger partial charge is 0.411 e. The molecule has 0 radical (unpaired) electrons. The van der Waals surface area contributed by atoms with Gasteiger partial charge in [-0.15, -0.1) is 0 Å². The van der Waals surface area contributed by atoms with Crippen molar-refractivity contribution in [2.24, 2.45) is 0 Å². The lowest BCUT2D eigenvalue weighted by molar-refractivity contribution is -0.175. The summed E-state index contributed by atoms with van der Waals surface area (Å²) in [6.45, 7) is -0.0786. The monoisotopic (exact) mass is 211 g/mol. The summed E-state index contributed by atoms with van der Waals surface area (Å²) in [5, 5.41) is 3.18. The van der Waals surface area contributed by atoms with Crippen LogP contribution < -0.4 is 5.32 Å². The number of nitrogens with one attached hydrogen (secondary N) is 1. The van der Waals surface area contributed by atoms with E-state index >= 15 is 0 Å². The molecule has 84 valence electrons. The number of hydrogen-bond acceptors (Lipinski definition) is 2. The van der Waals surface area contributed by atoms with Gasteiger partial charge in [-0.1, -0.05) is 12.8 Å². The summed E-state index contributed by atoms with van der Waals surface area (Å²) in [7, 11) is 0. The van der Waals surface area contributed by atoms with Crippen LogP contribution in [0.3, 0.4) is 0 Å². The lowest BCUT2D eigenvalue weighted by Crippen LogP contribution is -2.34. The van der Waals surface area contributed by atoms with Crippen LogP contribution >= 0.6 is 0 Å². The van der Waals surface area contributed by atoms with Crippen LogP contribution in [0.1, 0.15) is 25.7 Å². The summed E-state index contributed by atoms with van der Waals surface area (Å²) < 4.78 is 39.8. The maximum Gasteiger partial charge on any atom is 0.411 e. The van der Waals surface area contributed by atoms with Gasteiger partial charge >= 0.3 is 6.18 Å². The average Bonchev–Trinajstić information content (AvgIpc) is 2.30. The number of rotatable bonds is 3. The van der Waals surface area contributed by atoms with Gasteiger partial charge in [-0.25, -0.2) is 0 Å². The van der Waals surface area contributed by atoms with Gasteiger partial charge in [0.1, 0.15) is 6.61 Å². The molecule has 0 amide bonds. The number of alkyl halides is 3. The molecule has 1 aliphatic heterocycles. The molecule has 1 rings (SSSR count). The molecule has 0 aromatic rings. The molecule has 1 saturated heterocycles. The molecule has 1 heterocycles. The highest BCUT2D eigenvalue weighted by Gasteiger charge is 2.27. The first-order valence-electron chi connectivity index (χ1n) is 4.96. The van der Waals surface area contributed by atoms with Crippen molar-refractivity contribution in [3.05, 3.63) is 0 Å². The lowest BCUT2D eigenvalue weighted by Gasteiger charge is -2.16. The molecule has 0 saturated carbocycles. The van der Waals surface area contributed by atoms with Gasteiger partial charge in [0.15, 0.2) is 0 Å². The van der Waals surface area contributed by atoms with Crippen molar-refractivity contribution >= 4 is 0 Å². The first-order valence-corrected chi connectivity index (χ1v) is 4.96. The zero-order chi connectivity index (χ0) is 10.4. The predicted octanol–water partition coefficient (Wildman–Crippen LogP) is 2.10. The van der Waals surface area contributed by atoms with Gasteiger partial charge in [0.25, 0.3) is 0 Å². The molecular weight excluding hydrogens is 195 g/mol. The molecule has 0 spiro atoms. The Balaban J connectivity index is 2.10. The van der Waals surface area contributed by atoms with Crippen molar-refractivity contribution in [2.45, 2.75) is 37.9 Å². The minimum Gasteiger partial charge on any atom is -0.370 e. The Hall–Kier alpha value is -0.290. The van der Waals surface area contributed by atoms with Crippen molar-refractivity contribution in [2.75, 3.05) is 19.8 Å². The fourth-order valence-corrected chi connectivity index (χ4v) is 1.56. The van der Waals surface area contributed by atoms with Gasteiger partial charge in [-0.2, -0.15) is 13.2 Å². The first kappa shape index (κ1) is 11.8. The van der Waals surface area contributed by atoms with E-state index in [9.17, 15) is 13.2 Å². The van der Waals surface area contributed by atoms with E-state index in [0.29, 0.717) is 0 Å². The summed E-state index contributed by atoms with van der Waals surface area (Å²) in [5.41, 5.74) is 0. The van der Waals surface area contributed by atoms with Crippen LogP contribution in [0.4, 0.5) is 13.2 Å². The van der Waals surface area contributed by atoms with Crippen molar-refractivity contribution in [3.8, 4) is 0 Å². The van der Waals surface area contributed by atoms with Crippen molar-refractivity contribution < 1.29 is 17.9 Å². The minimum absolute atomic E-state index is 0.0971. The Morgan fingerprint density at radius 2 is 2.00 bits per heavy atom. The highest BCUT2D eigenvalue weighted by molar-refractivity contribution is 4.70. The maximum atomic E-state index is 11.7. The molecule has 1 aliphatic rings. The predicted molar refractivity (Wildman–Crippen MR) is 47.1 cm³/mol. The van der Waals surface area contributed by atoms with Crippen molar-refractivity contribution in [3.63, 3.8) is 0 Å². The summed E-state index contributed by atoms with van der Waals surface area (Å²) in [6.07, 6.45) is 0.0498. The molecule has 0 aromatic carbocycles. The molecule has 1 N–H and O–H groups in total. The van der Waals surface area contributed by atoms with Gasteiger partial charge < -0.3 is 10.1 Å². The molecule has 1 atom stereocenters. The molecule has 14 heavy (non-hydrogen) atoms. The molecule has 1 unspecified atom stereocenters. The Morgan fingerprint density at radius 1 is 1.21 bits per heavy atom. The Bertz CT molecular complexity index is 153. The summed E-state index contributed by atoms with van der Waals surface area (Å²) in [5.74, 6) is 0. The Kier molecular flexibility index (Phi) is 4.68. The fourth-order valence-electron chi connectivity index (χ4n) is 1.56. The van der Waals surface area contributed by atoms with Crippen LogP contribution in [-0.2, 0) is 4.74 Å². The van der Waals surface area contributed by atoms with Gasteiger partial charge in [0.05, 0.1) is 6.61 Å². The third-order valence-corrected chi connectivity index (χ3v) is 2.25. The van der Waals surface area contributed by atoms with Crippen LogP contribution in [0.5, 0.6) is 0 Å². The average molecular weight is 211 g/mol. The SMILES string of the molecule is FC(F)(F)COCC1CCCCCN1. The third-order valence-electron chi connectivity index (χ3n) is 2.25. The van der Waals surface area contributed by atoms with Crippen LogP contribution in [0.15, 0.2) is 0 Å². The number of hydrogen-bond donors (Lipinski definition) is 1. The standard InChI is InChI=1S/C9H16F3NO/c10-9(11,12)7-14-6-8-4-2-1-3-5-13-8/h8,13H,1-7H2. The van der Waals surface area contributed by atoms with E-state index in [0.717, 1.165) is 32.2 Å². The van der Waals surface area contributed by atoms with E-state index in [-0.39, 0.29) is 12.6 Å². The normalized spacial score (nSPS) is 24.6. The highest BCUT2D eigenvalue weighted by Crippen LogP contribution is 2.15.